The van der Waals surface area contributed by atoms with Gasteiger partial charge in [0.1, 0.15) is 0 Å². The molecule has 0 spiro atoms. The second kappa shape index (κ2) is 18.8. The second-order valence-corrected chi connectivity index (χ2v) is 23.5. The van der Waals surface area contributed by atoms with Crippen molar-refractivity contribution in [3.05, 3.63) is 155 Å². The molecule has 1 radical (unpaired) electrons. The number of hydrogen-bond acceptors (Lipinski definition) is 3. The van der Waals surface area contributed by atoms with Crippen LogP contribution in [0, 0.1) is 17.4 Å². The van der Waals surface area contributed by atoms with E-state index in [2.05, 4.69) is 125 Å². The molecule has 8 rings (SSSR count). The molecule has 9 heteroatoms. The summed E-state index contributed by atoms with van der Waals surface area (Å²) in [5.74, 6) is 1.64. The average molecular weight is 1030 g/mol. The maximum absolute atomic E-state index is 13.7. The van der Waals surface area contributed by atoms with Gasteiger partial charge in [-0.15, -0.1) is 41.3 Å². The average Bonchev–Trinajstić information content (AvgIpc) is 3.81. The van der Waals surface area contributed by atoms with E-state index in [1.807, 2.05) is 60.7 Å². The van der Waals surface area contributed by atoms with Crippen molar-refractivity contribution < 1.29 is 33.3 Å². The van der Waals surface area contributed by atoms with Crippen LogP contribution in [0.3, 0.4) is 0 Å². The van der Waals surface area contributed by atoms with E-state index in [1.54, 1.807) is 0 Å². The molecule has 0 aliphatic carbocycles. The normalized spacial score (nSPS) is 12.0. The molecule has 3 heterocycles. The van der Waals surface area contributed by atoms with Crippen molar-refractivity contribution in [1.29, 1.82) is 0 Å². The van der Waals surface area contributed by atoms with Crippen molar-refractivity contribution in [2.45, 2.75) is 85.6 Å². The zero-order valence-corrected chi connectivity index (χ0v) is 40.4. The van der Waals surface area contributed by atoms with Crippen molar-refractivity contribution in [2.75, 3.05) is 0 Å². The van der Waals surface area contributed by atoms with Crippen LogP contribution in [0.2, 0.25) is 19.6 Å². The van der Waals surface area contributed by atoms with Crippen molar-refractivity contribution in [2.24, 2.45) is 5.92 Å². The molecule has 0 unspecified atom stereocenters. The van der Waals surface area contributed by atoms with Crippen LogP contribution in [0.4, 0.5) is 13.2 Å². The third-order valence-electron chi connectivity index (χ3n) is 10.8. The first-order chi connectivity index (χ1) is 28.5. The molecule has 61 heavy (non-hydrogen) atoms. The Morgan fingerprint density at radius 2 is 1.41 bits per heavy atom. The van der Waals surface area contributed by atoms with Crippen LogP contribution in [0.25, 0.3) is 60.6 Å². The molecule has 8 aromatic rings. The van der Waals surface area contributed by atoms with Crippen LogP contribution in [0.1, 0.15) is 75.6 Å². The fourth-order valence-electron chi connectivity index (χ4n) is 7.83. The number of imidazole rings is 1. The van der Waals surface area contributed by atoms with E-state index in [0.29, 0.717) is 22.7 Å². The van der Waals surface area contributed by atoms with Gasteiger partial charge in [0.25, 0.3) is 0 Å². The molecular weight excluding hydrogens is 976 g/mol. The molecule has 0 aliphatic heterocycles. The predicted molar refractivity (Wildman–Crippen MR) is 249 cm³/mol. The number of para-hydroxylation sites is 2. The van der Waals surface area contributed by atoms with Gasteiger partial charge in [0.15, 0.2) is 0 Å². The Balaban J connectivity index is 0.000000250. The summed E-state index contributed by atoms with van der Waals surface area (Å²) < 4.78 is 44.0. The van der Waals surface area contributed by atoms with Gasteiger partial charge in [-0.3, -0.25) is 16.3 Å². The van der Waals surface area contributed by atoms with Crippen LogP contribution in [0.15, 0.2) is 121 Å². The maximum atomic E-state index is 13.7. The SMILES string of the molecule is CC(C)Cc1cc(-c2[c-]cccc2)ncc1[Si](C)(C)C.CC(C)c1cc(-c2ccccc2)cc(C(C)C)c1-n1c(-c2[c-]sc3ccc(C(F)(F)F)cc23)nc2ccccc21.[Ir]. The summed E-state index contributed by atoms with van der Waals surface area (Å²) in [4.78, 5) is 9.70. The molecule has 0 amide bonds. The summed E-state index contributed by atoms with van der Waals surface area (Å²) in [5, 5.41) is 5.31. The maximum Gasteiger partial charge on any atom is 0.415 e. The van der Waals surface area contributed by atoms with Crippen molar-refractivity contribution in [3.8, 4) is 39.5 Å². The van der Waals surface area contributed by atoms with Gasteiger partial charge in [-0.05, 0) is 81.6 Å². The summed E-state index contributed by atoms with van der Waals surface area (Å²) in [6.45, 7) is 20.4. The van der Waals surface area contributed by atoms with E-state index in [9.17, 15) is 13.2 Å². The molecule has 3 aromatic heterocycles. The Labute approximate surface area is 377 Å². The van der Waals surface area contributed by atoms with Crippen LogP contribution >= 0.6 is 11.3 Å². The molecule has 0 bridgehead atoms. The van der Waals surface area contributed by atoms with E-state index in [0.717, 1.165) is 67.4 Å². The number of aromatic nitrogens is 3. The third-order valence-corrected chi connectivity index (χ3v) is 13.7. The first kappa shape index (κ1) is 45.9. The standard InChI is InChI=1S/C34H28F3N2S.C18H24NSi.Ir/c1-20(2)25-16-23(22-10-6-5-7-11-22)17-26(21(3)4)32(25)39-30-13-9-8-12-29(30)38-33(39)28-19-40-31-15-14-24(18-27(28)31)34(35,36)37;1-14(2)11-16-12-17(15-9-7-6-8-10-15)19-13-18(16)20(3,4)5;/h5-18,20-21H,1-4H3;6-9,12-14H,11H2,1-5H3;/q2*-1;. The van der Waals surface area contributed by atoms with Crippen molar-refractivity contribution >= 4 is 45.7 Å². The van der Waals surface area contributed by atoms with Gasteiger partial charge in [-0.1, -0.05) is 149 Å². The minimum Gasteiger partial charge on any atom is -0.333 e. The molecule has 317 valence electrons. The van der Waals surface area contributed by atoms with Crippen LogP contribution in [-0.2, 0) is 32.7 Å². The number of hydrogen-bond donors (Lipinski definition) is 0. The number of halogens is 3. The smallest absolute Gasteiger partial charge is 0.333 e. The zero-order valence-electron chi connectivity index (χ0n) is 36.2. The minimum atomic E-state index is -4.43. The fraction of sp³-hybridized carbons (Fsp3) is 0.269. The van der Waals surface area contributed by atoms with Gasteiger partial charge >= 0.3 is 6.18 Å². The number of benzene rings is 5. The number of nitrogens with zero attached hydrogens (tertiary/aromatic N) is 3. The second-order valence-electron chi connectivity index (χ2n) is 17.6. The number of thiophene rings is 1. The summed E-state index contributed by atoms with van der Waals surface area (Å²) in [5.41, 5.74) is 10.8. The molecular formula is C52H52F3IrN3SSi-2. The van der Waals surface area contributed by atoms with E-state index >= 15 is 0 Å². The molecule has 0 N–H and O–H groups in total. The summed E-state index contributed by atoms with van der Waals surface area (Å²) in [6, 6.07) is 40.2. The number of rotatable bonds is 9. The van der Waals surface area contributed by atoms with Gasteiger partial charge in [-0.25, -0.2) is 0 Å². The molecule has 3 nitrogen and oxygen atoms in total. The summed E-state index contributed by atoms with van der Waals surface area (Å²) in [7, 11) is -1.34. The summed E-state index contributed by atoms with van der Waals surface area (Å²) >= 11 is 1.32. The Morgan fingerprint density at radius 1 is 0.754 bits per heavy atom. The third kappa shape index (κ3) is 10.0. The number of fused-ring (bicyclic) bond motifs is 2. The Morgan fingerprint density at radius 3 is 2.02 bits per heavy atom. The van der Waals surface area contributed by atoms with Gasteiger partial charge < -0.3 is 9.55 Å². The Bertz CT molecular complexity index is 2720. The van der Waals surface area contributed by atoms with Gasteiger partial charge in [0.2, 0.25) is 0 Å². The monoisotopic (exact) mass is 1030 g/mol. The zero-order chi connectivity index (χ0) is 42.9. The van der Waals surface area contributed by atoms with Gasteiger partial charge in [0.05, 0.1) is 24.9 Å². The first-order valence-electron chi connectivity index (χ1n) is 20.7. The van der Waals surface area contributed by atoms with Gasteiger partial charge in [0, 0.05) is 37.6 Å². The summed E-state index contributed by atoms with van der Waals surface area (Å²) in [6.07, 6.45) is -1.20. The predicted octanol–water partition coefficient (Wildman–Crippen LogP) is 14.9. The number of alkyl halides is 3. The molecule has 0 aliphatic rings. The van der Waals surface area contributed by atoms with E-state index in [-0.39, 0.29) is 31.9 Å². The minimum absolute atomic E-state index is 0. The van der Waals surface area contributed by atoms with Crippen LogP contribution in [0.5, 0.6) is 0 Å². The van der Waals surface area contributed by atoms with Crippen LogP contribution < -0.4 is 5.19 Å². The fourth-order valence-corrected chi connectivity index (χ4v) is 10.2. The molecule has 0 saturated carbocycles. The van der Waals surface area contributed by atoms with Crippen molar-refractivity contribution in [3.63, 3.8) is 0 Å². The molecule has 5 aromatic carbocycles. The Hall–Kier alpha value is -4.66. The quantitative estimate of drug-likeness (QED) is 0.107. The molecule has 0 saturated heterocycles. The molecule has 0 fully saturated rings. The first-order valence-corrected chi connectivity index (χ1v) is 25.0. The van der Waals surface area contributed by atoms with Crippen molar-refractivity contribution in [1.82, 2.24) is 14.5 Å². The topological polar surface area (TPSA) is 30.7 Å². The van der Waals surface area contributed by atoms with E-state index < -0.39 is 19.8 Å². The number of pyridine rings is 1. The van der Waals surface area contributed by atoms with Gasteiger partial charge in [-0.2, -0.15) is 13.2 Å². The largest absolute Gasteiger partial charge is 0.415 e. The molecule has 0 atom stereocenters. The van der Waals surface area contributed by atoms with E-state index in [4.69, 9.17) is 4.98 Å². The van der Waals surface area contributed by atoms with Crippen LogP contribution in [-0.4, -0.2) is 22.6 Å². The Kier molecular flexibility index (Phi) is 14.1. The van der Waals surface area contributed by atoms with E-state index in [1.165, 1.54) is 34.2 Å².